The Morgan fingerprint density at radius 1 is 1.11 bits per heavy atom. The number of nitrogens with zero attached hydrogens (tertiary/aromatic N) is 5. The summed E-state index contributed by atoms with van der Waals surface area (Å²) in [6.07, 6.45) is -1.09. The molecule has 4 atom stereocenters. The molecule has 46 heavy (non-hydrogen) atoms. The minimum atomic E-state index is -3.89. The molecule has 2 unspecified atom stereocenters. The smallest absolute Gasteiger partial charge is 0.398 e. The number of benzene rings is 2. The number of alkyl carbamates (subject to hydrolysis) is 1. The molecule has 2 aromatic heterocycles. The third-order valence-corrected chi connectivity index (χ3v) is 10.1. The molecule has 1 saturated heterocycles. The predicted molar refractivity (Wildman–Crippen MR) is 165 cm³/mol. The molecular formula is C28H27N7O9S2. The number of fused-ring (bicyclic) bond motifs is 2. The highest BCUT2D eigenvalue weighted by atomic mass is 32.2. The number of anilines is 1. The van der Waals surface area contributed by atoms with E-state index in [0.29, 0.717) is 34.8 Å². The van der Waals surface area contributed by atoms with Crippen LogP contribution in [0.2, 0.25) is 0 Å². The number of thioether (sulfide) groups is 1. The molecule has 0 aliphatic carbocycles. The molecule has 4 heterocycles. The quantitative estimate of drug-likeness (QED) is 0.102. The van der Waals surface area contributed by atoms with E-state index in [2.05, 4.69) is 25.6 Å². The third kappa shape index (κ3) is 6.24. The van der Waals surface area contributed by atoms with Crippen molar-refractivity contribution in [3.63, 3.8) is 0 Å². The Kier molecular flexibility index (Phi) is 8.87. The number of aliphatic hydroxyl groups is 2. The van der Waals surface area contributed by atoms with Gasteiger partial charge in [0.2, 0.25) is 14.9 Å². The van der Waals surface area contributed by atoms with Gasteiger partial charge in [0.25, 0.3) is 5.69 Å². The van der Waals surface area contributed by atoms with E-state index in [-0.39, 0.29) is 22.9 Å². The summed E-state index contributed by atoms with van der Waals surface area (Å²) in [5.74, 6) is 1.07. The minimum Gasteiger partial charge on any atom is -0.398 e. The zero-order valence-electron chi connectivity index (χ0n) is 23.8. The number of carbonyl (C=O) groups excluding carboxylic acids is 1. The number of rotatable bonds is 11. The Morgan fingerprint density at radius 3 is 2.65 bits per heavy atom. The lowest BCUT2D eigenvalue weighted by Gasteiger charge is -2.16. The van der Waals surface area contributed by atoms with E-state index in [1.54, 1.807) is 30.3 Å². The number of ether oxygens (including phenoxy) is 2. The number of aliphatic hydroxyl groups excluding tert-OH is 2. The van der Waals surface area contributed by atoms with Crippen molar-refractivity contribution in [3.05, 3.63) is 87.5 Å². The van der Waals surface area contributed by atoms with Crippen LogP contribution in [0.5, 0.6) is 0 Å². The number of nitro benzene ring substituents is 1. The van der Waals surface area contributed by atoms with E-state index < -0.39 is 50.5 Å². The summed E-state index contributed by atoms with van der Waals surface area (Å²) >= 11 is 1.35. The zero-order chi connectivity index (χ0) is 32.4. The lowest BCUT2D eigenvalue weighted by atomic mass is 10.1. The monoisotopic (exact) mass is 669 g/mol. The van der Waals surface area contributed by atoms with Crippen LogP contribution in [0, 0.1) is 10.1 Å². The molecule has 0 radical (unpaired) electrons. The average Bonchev–Trinajstić information content (AvgIpc) is 3.68. The number of sulfone groups is 1. The van der Waals surface area contributed by atoms with Gasteiger partial charge >= 0.3 is 6.09 Å². The summed E-state index contributed by atoms with van der Waals surface area (Å²) < 4.78 is 37.6. The Hall–Kier alpha value is -4.62. The van der Waals surface area contributed by atoms with E-state index in [9.17, 15) is 33.5 Å². The van der Waals surface area contributed by atoms with Gasteiger partial charge in [0.1, 0.15) is 18.5 Å². The van der Waals surface area contributed by atoms with E-state index in [4.69, 9.17) is 9.47 Å². The number of aromatic nitrogens is 4. The number of carbonyl (C=O) groups is 1. The first-order chi connectivity index (χ1) is 22.1. The first kappa shape index (κ1) is 31.4. The largest absolute Gasteiger partial charge is 0.413 e. The van der Waals surface area contributed by atoms with Gasteiger partial charge in [-0.2, -0.15) is 11.8 Å². The summed E-state index contributed by atoms with van der Waals surface area (Å²) in [7, 11) is -3.89. The van der Waals surface area contributed by atoms with Crippen molar-refractivity contribution in [2.45, 2.75) is 36.0 Å². The van der Waals surface area contributed by atoms with E-state index in [0.717, 1.165) is 5.56 Å². The van der Waals surface area contributed by atoms with Crippen molar-refractivity contribution in [1.82, 2.24) is 24.8 Å². The van der Waals surface area contributed by atoms with Crippen LogP contribution >= 0.6 is 11.8 Å². The van der Waals surface area contributed by atoms with Crippen LogP contribution in [-0.4, -0.2) is 85.5 Å². The highest BCUT2D eigenvalue weighted by Crippen LogP contribution is 2.34. The molecule has 1 fully saturated rings. The molecule has 18 heteroatoms. The first-order valence-electron chi connectivity index (χ1n) is 13.9. The number of hydrogen-bond acceptors (Lipinski definition) is 14. The number of non-ortho nitro benzene ring substituents is 1. The number of amides is 1. The maximum Gasteiger partial charge on any atom is 0.413 e. The van der Waals surface area contributed by atoms with Gasteiger partial charge in [-0.1, -0.05) is 30.3 Å². The third-order valence-electron chi connectivity index (χ3n) is 7.32. The van der Waals surface area contributed by atoms with Gasteiger partial charge in [0.05, 0.1) is 22.3 Å². The standard InChI is InChI=1S/C28H27N7O9S2/c36-23-19(13-45-10-9-29-28(38)44-21-11-17-3-1-2-4-20(17)46(21,41)42)43-27(24(23)37)34-15-33-22-25(31-14-32-26(22)34)30-12-16-5-7-18(8-6-16)35(39)40/h1-8,11,14-15,19,23-24,27,36-37H,9-10,12-13H2,(H,29,38)(H,30,31,32)/t19-,23?,24?,27-/m1/s1. The lowest BCUT2D eigenvalue weighted by molar-refractivity contribution is -0.384. The molecule has 2 aliphatic rings. The second-order valence-corrected chi connectivity index (χ2v) is 13.3. The van der Waals surface area contributed by atoms with Crippen LogP contribution in [0.1, 0.15) is 17.4 Å². The maximum atomic E-state index is 12.5. The second kappa shape index (κ2) is 13.0. The summed E-state index contributed by atoms with van der Waals surface area (Å²) in [6.45, 7) is 0.465. The van der Waals surface area contributed by atoms with Crippen LogP contribution in [0.4, 0.5) is 16.3 Å². The average molecular weight is 670 g/mol. The van der Waals surface area contributed by atoms with Gasteiger partial charge < -0.3 is 30.3 Å². The number of nitro groups is 1. The molecule has 16 nitrogen and oxygen atoms in total. The molecule has 6 rings (SSSR count). The SMILES string of the molecule is O=C(NCCSC[C@H]1O[C@@H](n2cnc3c(NCc4ccc([N+](=O)[O-])cc4)ncnc32)C(O)C1O)OC1=Cc2ccccc2S1(=O)=O. The van der Waals surface area contributed by atoms with Crippen molar-refractivity contribution in [1.29, 1.82) is 0 Å². The van der Waals surface area contributed by atoms with Gasteiger partial charge in [-0.3, -0.25) is 14.7 Å². The lowest BCUT2D eigenvalue weighted by Crippen LogP contribution is -2.33. The van der Waals surface area contributed by atoms with Crippen LogP contribution < -0.4 is 10.6 Å². The van der Waals surface area contributed by atoms with Crippen LogP contribution in [0.25, 0.3) is 17.2 Å². The Labute approximate surface area is 265 Å². The van der Waals surface area contributed by atoms with Crippen molar-refractivity contribution >= 4 is 56.4 Å². The van der Waals surface area contributed by atoms with Gasteiger partial charge in [0.15, 0.2) is 23.2 Å². The van der Waals surface area contributed by atoms with Crippen molar-refractivity contribution in [3.8, 4) is 0 Å². The highest BCUT2D eigenvalue weighted by molar-refractivity contribution is 7.99. The van der Waals surface area contributed by atoms with Crippen LogP contribution in [0.15, 0.2) is 71.2 Å². The normalized spacial score (nSPS) is 21.5. The Morgan fingerprint density at radius 2 is 1.89 bits per heavy atom. The fourth-order valence-corrected chi connectivity index (χ4v) is 7.28. The molecule has 0 spiro atoms. The maximum absolute atomic E-state index is 12.5. The molecular weight excluding hydrogens is 642 g/mol. The Balaban J connectivity index is 0.996. The number of imidazole rings is 1. The minimum absolute atomic E-state index is 0.0126. The zero-order valence-corrected chi connectivity index (χ0v) is 25.4. The summed E-state index contributed by atoms with van der Waals surface area (Å²) in [4.78, 5) is 35.6. The summed E-state index contributed by atoms with van der Waals surface area (Å²) in [5.41, 5.74) is 1.98. The van der Waals surface area contributed by atoms with Gasteiger partial charge in [0, 0.05) is 42.8 Å². The fourth-order valence-electron chi connectivity index (χ4n) is 4.98. The molecule has 240 valence electrons. The molecule has 1 amide bonds. The summed E-state index contributed by atoms with van der Waals surface area (Å²) in [5, 5.41) is 37.6. The number of nitrogens with one attached hydrogen (secondary N) is 2. The molecule has 4 N–H and O–H groups in total. The summed E-state index contributed by atoms with van der Waals surface area (Å²) in [6, 6.07) is 12.4. The Bertz CT molecular complexity index is 1920. The number of hydrogen-bond donors (Lipinski definition) is 4. The molecule has 2 aromatic carbocycles. The van der Waals surface area contributed by atoms with E-state index >= 15 is 0 Å². The van der Waals surface area contributed by atoms with Gasteiger partial charge in [-0.25, -0.2) is 28.2 Å². The fraction of sp³-hybridized carbons (Fsp3) is 0.286. The van der Waals surface area contributed by atoms with E-state index in [1.165, 1.54) is 53.3 Å². The van der Waals surface area contributed by atoms with Crippen molar-refractivity contribution < 1.29 is 37.8 Å². The van der Waals surface area contributed by atoms with Crippen molar-refractivity contribution in [2.24, 2.45) is 0 Å². The second-order valence-electron chi connectivity index (χ2n) is 10.3. The molecule has 4 aromatic rings. The van der Waals surface area contributed by atoms with Gasteiger partial charge in [-0.15, -0.1) is 0 Å². The molecule has 0 saturated carbocycles. The van der Waals surface area contributed by atoms with Gasteiger partial charge in [-0.05, 0) is 17.2 Å². The predicted octanol–water partition coefficient (Wildman–Crippen LogP) is 2.21. The molecule has 2 aliphatic heterocycles. The van der Waals surface area contributed by atoms with Crippen LogP contribution in [-0.2, 0) is 25.9 Å². The highest BCUT2D eigenvalue weighted by Gasteiger charge is 2.44. The molecule has 0 bridgehead atoms. The van der Waals surface area contributed by atoms with Crippen molar-refractivity contribution in [2.75, 3.05) is 23.4 Å². The topological polar surface area (TPSA) is 221 Å². The van der Waals surface area contributed by atoms with Crippen LogP contribution in [0.3, 0.4) is 0 Å². The van der Waals surface area contributed by atoms with E-state index in [1.807, 2.05) is 0 Å². The first-order valence-corrected chi connectivity index (χ1v) is 16.5.